The van der Waals surface area contributed by atoms with Crippen molar-refractivity contribution in [1.29, 1.82) is 0 Å². The minimum absolute atomic E-state index is 0. The van der Waals surface area contributed by atoms with Crippen molar-refractivity contribution in [2.75, 3.05) is 19.6 Å². The molecule has 1 N–H and O–H groups in total. The average Bonchev–Trinajstić information content (AvgIpc) is 3.00. The number of imidazole rings is 1. The number of aryl methyl sites for hydroxylation is 2. The zero-order valence-corrected chi connectivity index (χ0v) is 16.0. The van der Waals surface area contributed by atoms with Crippen LogP contribution in [0, 0.1) is 0 Å². The summed E-state index contributed by atoms with van der Waals surface area (Å²) < 4.78 is 3.05. The van der Waals surface area contributed by atoms with Gasteiger partial charge in [-0.3, -0.25) is 4.79 Å². The Bertz CT molecular complexity index is 673. The molecule has 0 aliphatic carbocycles. The van der Waals surface area contributed by atoms with E-state index in [1.165, 1.54) is 5.56 Å². The number of piperazine rings is 1. The largest absolute Gasteiger partial charge is 0.336 e. The maximum atomic E-state index is 12.7. The number of rotatable bonds is 4. The van der Waals surface area contributed by atoms with Crippen LogP contribution < -0.4 is 5.32 Å². The molecule has 1 atom stereocenters. The Morgan fingerprint density at radius 1 is 1.38 bits per heavy atom. The molecule has 1 aromatic carbocycles. The first-order valence-electron chi connectivity index (χ1n) is 7.87. The number of benzene rings is 1. The van der Waals surface area contributed by atoms with E-state index in [0.717, 1.165) is 36.4 Å². The average molecular weight is 414 g/mol. The van der Waals surface area contributed by atoms with Gasteiger partial charge in [0.25, 0.3) is 0 Å². The van der Waals surface area contributed by atoms with Gasteiger partial charge in [-0.05, 0) is 24.1 Å². The molecular weight excluding hydrogens is 392 g/mol. The van der Waals surface area contributed by atoms with Gasteiger partial charge in [0, 0.05) is 50.0 Å². The van der Waals surface area contributed by atoms with Crippen LogP contribution in [0.1, 0.15) is 23.9 Å². The number of carbonyl (C=O) groups is 1. The molecule has 1 fully saturated rings. The molecule has 1 aromatic heterocycles. The SMILES string of the molecule is Cl.Cn1ccnc1C1CNCCN1C(=O)CCc1ccc(Br)cc1. The second kappa shape index (κ2) is 8.65. The Morgan fingerprint density at radius 3 is 2.79 bits per heavy atom. The summed E-state index contributed by atoms with van der Waals surface area (Å²) in [7, 11) is 1.97. The smallest absolute Gasteiger partial charge is 0.223 e. The van der Waals surface area contributed by atoms with Crippen LogP contribution in [0.25, 0.3) is 0 Å². The van der Waals surface area contributed by atoms with E-state index in [-0.39, 0.29) is 24.4 Å². The molecule has 0 bridgehead atoms. The van der Waals surface area contributed by atoms with Crippen molar-refractivity contribution in [3.05, 3.63) is 52.5 Å². The summed E-state index contributed by atoms with van der Waals surface area (Å²) in [6.07, 6.45) is 5.01. The van der Waals surface area contributed by atoms with Gasteiger partial charge >= 0.3 is 0 Å². The van der Waals surface area contributed by atoms with Gasteiger partial charge in [0.05, 0.1) is 0 Å². The lowest BCUT2D eigenvalue weighted by atomic mass is 10.1. The van der Waals surface area contributed by atoms with Gasteiger partial charge in [0.1, 0.15) is 11.9 Å². The molecule has 2 aromatic rings. The number of nitrogens with zero attached hydrogens (tertiary/aromatic N) is 3. The summed E-state index contributed by atoms with van der Waals surface area (Å²) in [6.45, 7) is 2.33. The number of amides is 1. The molecule has 24 heavy (non-hydrogen) atoms. The zero-order valence-electron chi connectivity index (χ0n) is 13.6. The maximum absolute atomic E-state index is 12.7. The predicted molar refractivity (Wildman–Crippen MR) is 100 cm³/mol. The van der Waals surface area contributed by atoms with Crippen LogP contribution in [0.3, 0.4) is 0 Å². The third kappa shape index (κ3) is 4.37. The monoisotopic (exact) mass is 412 g/mol. The molecule has 1 aliphatic heterocycles. The Kier molecular flexibility index (Phi) is 6.83. The quantitative estimate of drug-likeness (QED) is 0.838. The molecule has 1 aliphatic rings. The van der Waals surface area contributed by atoms with E-state index in [1.807, 2.05) is 34.8 Å². The topological polar surface area (TPSA) is 50.2 Å². The molecule has 0 radical (unpaired) electrons. The lowest BCUT2D eigenvalue weighted by Crippen LogP contribution is -2.49. The second-order valence-corrected chi connectivity index (χ2v) is 6.75. The lowest BCUT2D eigenvalue weighted by Gasteiger charge is -2.35. The van der Waals surface area contributed by atoms with Gasteiger partial charge in [-0.1, -0.05) is 28.1 Å². The minimum Gasteiger partial charge on any atom is -0.336 e. The highest BCUT2D eigenvalue weighted by atomic mass is 79.9. The van der Waals surface area contributed by atoms with Crippen molar-refractivity contribution >= 4 is 34.2 Å². The fraction of sp³-hybridized carbons (Fsp3) is 0.412. The third-order valence-electron chi connectivity index (χ3n) is 4.26. The summed E-state index contributed by atoms with van der Waals surface area (Å²) in [5.41, 5.74) is 1.19. The van der Waals surface area contributed by atoms with Crippen molar-refractivity contribution in [3.8, 4) is 0 Å². The Hall–Kier alpha value is -1.37. The first kappa shape index (κ1) is 19.0. The van der Waals surface area contributed by atoms with Gasteiger partial charge in [-0.2, -0.15) is 0 Å². The van der Waals surface area contributed by atoms with Gasteiger partial charge in [0.15, 0.2) is 0 Å². The third-order valence-corrected chi connectivity index (χ3v) is 4.79. The van der Waals surface area contributed by atoms with Crippen molar-refractivity contribution in [3.63, 3.8) is 0 Å². The zero-order chi connectivity index (χ0) is 16.2. The molecule has 0 saturated carbocycles. The van der Waals surface area contributed by atoms with Crippen molar-refractivity contribution in [2.45, 2.75) is 18.9 Å². The molecule has 2 heterocycles. The summed E-state index contributed by atoms with van der Waals surface area (Å²) in [4.78, 5) is 19.1. The first-order chi connectivity index (χ1) is 11.1. The highest BCUT2D eigenvalue weighted by molar-refractivity contribution is 9.10. The molecule has 0 spiro atoms. The van der Waals surface area contributed by atoms with Crippen molar-refractivity contribution in [2.24, 2.45) is 7.05 Å². The van der Waals surface area contributed by atoms with Crippen LogP contribution in [0.15, 0.2) is 41.1 Å². The summed E-state index contributed by atoms with van der Waals surface area (Å²) in [5.74, 6) is 1.14. The van der Waals surface area contributed by atoms with Crippen LogP contribution in [0.2, 0.25) is 0 Å². The van der Waals surface area contributed by atoms with E-state index in [0.29, 0.717) is 6.42 Å². The summed E-state index contributed by atoms with van der Waals surface area (Å²) >= 11 is 3.43. The highest BCUT2D eigenvalue weighted by Gasteiger charge is 2.29. The number of carbonyl (C=O) groups excluding carboxylic acids is 1. The molecular formula is C17H22BrClN4O. The van der Waals surface area contributed by atoms with Crippen LogP contribution in [-0.4, -0.2) is 40.0 Å². The molecule has 1 saturated heterocycles. The molecule has 130 valence electrons. The van der Waals surface area contributed by atoms with Crippen molar-refractivity contribution in [1.82, 2.24) is 19.8 Å². The number of hydrogen-bond acceptors (Lipinski definition) is 3. The van der Waals surface area contributed by atoms with Crippen LogP contribution >= 0.6 is 28.3 Å². The molecule has 3 rings (SSSR count). The Morgan fingerprint density at radius 2 is 2.12 bits per heavy atom. The fourth-order valence-corrected chi connectivity index (χ4v) is 3.24. The van der Waals surface area contributed by atoms with E-state index >= 15 is 0 Å². The van der Waals surface area contributed by atoms with E-state index in [9.17, 15) is 4.79 Å². The number of halogens is 2. The van der Waals surface area contributed by atoms with Crippen molar-refractivity contribution < 1.29 is 4.79 Å². The van der Waals surface area contributed by atoms with Gasteiger partial charge < -0.3 is 14.8 Å². The molecule has 7 heteroatoms. The predicted octanol–water partition coefficient (Wildman–Crippen LogP) is 2.71. The standard InChI is InChI=1S/C17H21BrN4O.ClH/c1-21-10-9-20-17(21)15-12-19-8-11-22(15)16(23)7-4-13-2-5-14(18)6-3-13;/h2-3,5-6,9-10,15,19H,4,7-8,11-12H2,1H3;1H. The second-order valence-electron chi connectivity index (χ2n) is 5.83. The Balaban J connectivity index is 0.00000208. The van der Waals surface area contributed by atoms with Gasteiger partial charge in [0.2, 0.25) is 5.91 Å². The number of nitrogens with one attached hydrogen (secondary N) is 1. The minimum atomic E-state index is 0. The molecule has 5 nitrogen and oxygen atoms in total. The summed E-state index contributed by atoms with van der Waals surface area (Å²) in [5, 5.41) is 3.36. The van der Waals surface area contributed by atoms with E-state index in [2.05, 4.69) is 38.4 Å². The van der Waals surface area contributed by atoms with Gasteiger partial charge in [-0.15, -0.1) is 12.4 Å². The van der Waals surface area contributed by atoms with Crippen LogP contribution in [-0.2, 0) is 18.3 Å². The van der Waals surface area contributed by atoms with Crippen LogP contribution in [0.4, 0.5) is 0 Å². The van der Waals surface area contributed by atoms with E-state index in [1.54, 1.807) is 6.20 Å². The van der Waals surface area contributed by atoms with Gasteiger partial charge in [-0.25, -0.2) is 4.98 Å². The highest BCUT2D eigenvalue weighted by Crippen LogP contribution is 2.22. The fourth-order valence-electron chi connectivity index (χ4n) is 2.98. The summed E-state index contributed by atoms with van der Waals surface area (Å²) in [6, 6.07) is 8.17. The molecule has 1 amide bonds. The normalized spacial score (nSPS) is 17.4. The number of hydrogen-bond donors (Lipinski definition) is 1. The number of aromatic nitrogens is 2. The van der Waals surface area contributed by atoms with Crippen LogP contribution in [0.5, 0.6) is 0 Å². The van der Waals surface area contributed by atoms with E-state index in [4.69, 9.17) is 0 Å². The Labute approximate surface area is 157 Å². The lowest BCUT2D eigenvalue weighted by molar-refractivity contribution is -0.134. The first-order valence-corrected chi connectivity index (χ1v) is 8.66. The molecule has 1 unspecified atom stereocenters. The maximum Gasteiger partial charge on any atom is 0.223 e. The van der Waals surface area contributed by atoms with E-state index < -0.39 is 0 Å².